The van der Waals surface area contributed by atoms with E-state index in [1.807, 2.05) is 6.92 Å². The Hall–Kier alpha value is -0.830. The van der Waals surface area contributed by atoms with Gasteiger partial charge in [0.15, 0.2) is 0 Å². The van der Waals surface area contributed by atoms with E-state index in [-0.39, 0.29) is 0 Å². The van der Waals surface area contributed by atoms with E-state index in [9.17, 15) is 4.79 Å². The first-order chi connectivity index (χ1) is 5.18. The molecule has 1 rings (SSSR count). The smallest absolute Gasteiger partial charge is 0.328 e. The van der Waals surface area contributed by atoms with Crippen molar-refractivity contribution in [3.8, 4) is 0 Å². The van der Waals surface area contributed by atoms with Crippen LogP contribution in [0.15, 0.2) is 11.6 Å². The SMILES string of the molecule is C/C(=C\C(=O)O)CNC1CC1. The highest BCUT2D eigenvalue weighted by Crippen LogP contribution is 2.18. The first kappa shape index (κ1) is 8.27. The molecule has 0 aromatic heterocycles. The Labute approximate surface area is 66.1 Å². The maximum absolute atomic E-state index is 10.2. The number of carbonyl (C=O) groups is 1. The maximum Gasteiger partial charge on any atom is 0.328 e. The van der Waals surface area contributed by atoms with Gasteiger partial charge in [-0.2, -0.15) is 0 Å². The van der Waals surface area contributed by atoms with Crippen molar-refractivity contribution in [1.82, 2.24) is 5.32 Å². The molecule has 0 aliphatic heterocycles. The highest BCUT2D eigenvalue weighted by atomic mass is 16.4. The molecule has 3 heteroatoms. The lowest BCUT2D eigenvalue weighted by Crippen LogP contribution is -2.18. The number of aliphatic carboxylic acids is 1. The van der Waals surface area contributed by atoms with Gasteiger partial charge >= 0.3 is 5.97 Å². The molecular weight excluding hydrogens is 142 g/mol. The molecule has 1 fully saturated rings. The van der Waals surface area contributed by atoms with Crippen LogP contribution in [0, 0.1) is 0 Å². The van der Waals surface area contributed by atoms with E-state index in [2.05, 4.69) is 5.32 Å². The van der Waals surface area contributed by atoms with Crippen LogP contribution in [0.2, 0.25) is 0 Å². The standard InChI is InChI=1S/C8H13NO2/c1-6(4-8(10)11)5-9-7-2-3-7/h4,7,9H,2-3,5H2,1H3,(H,10,11)/b6-4+. The van der Waals surface area contributed by atoms with E-state index < -0.39 is 5.97 Å². The third-order valence-electron chi connectivity index (χ3n) is 1.62. The number of hydrogen-bond acceptors (Lipinski definition) is 2. The Kier molecular flexibility index (Phi) is 2.65. The van der Waals surface area contributed by atoms with Crippen LogP contribution < -0.4 is 5.32 Å². The Balaban J connectivity index is 2.17. The number of rotatable bonds is 4. The number of nitrogens with one attached hydrogen (secondary N) is 1. The average molecular weight is 155 g/mol. The lowest BCUT2D eigenvalue weighted by molar-refractivity contribution is -0.131. The maximum atomic E-state index is 10.2. The third-order valence-corrected chi connectivity index (χ3v) is 1.62. The molecule has 0 saturated heterocycles. The molecular formula is C8H13NO2. The zero-order valence-corrected chi connectivity index (χ0v) is 6.63. The Morgan fingerprint density at radius 1 is 1.73 bits per heavy atom. The average Bonchev–Trinajstić information content (AvgIpc) is 2.63. The van der Waals surface area contributed by atoms with Crippen molar-refractivity contribution in [3.63, 3.8) is 0 Å². The van der Waals surface area contributed by atoms with E-state index >= 15 is 0 Å². The molecule has 1 saturated carbocycles. The Morgan fingerprint density at radius 3 is 2.82 bits per heavy atom. The predicted octanol–water partition coefficient (Wildman–Crippen LogP) is 0.769. The zero-order chi connectivity index (χ0) is 8.27. The largest absolute Gasteiger partial charge is 0.478 e. The van der Waals surface area contributed by atoms with Gasteiger partial charge in [0, 0.05) is 18.7 Å². The normalized spacial score (nSPS) is 18.5. The summed E-state index contributed by atoms with van der Waals surface area (Å²) in [6.07, 6.45) is 3.72. The molecule has 2 N–H and O–H groups in total. The second-order valence-corrected chi connectivity index (χ2v) is 2.98. The number of carboxylic acid groups (broad SMARTS) is 1. The summed E-state index contributed by atoms with van der Waals surface area (Å²) in [4.78, 5) is 10.2. The summed E-state index contributed by atoms with van der Waals surface area (Å²) < 4.78 is 0. The van der Waals surface area contributed by atoms with Crippen molar-refractivity contribution in [2.24, 2.45) is 0 Å². The molecule has 0 bridgehead atoms. The Bertz CT molecular complexity index is 183. The van der Waals surface area contributed by atoms with Crippen molar-refractivity contribution in [3.05, 3.63) is 11.6 Å². The van der Waals surface area contributed by atoms with Gasteiger partial charge < -0.3 is 10.4 Å². The van der Waals surface area contributed by atoms with Crippen LogP contribution in [0.1, 0.15) is 19.8 Å². The number of hydrogen-bond donors (Lipinski definition) is 2. The first-order valence-electron chi connectivity index (χ1n) is 3.82. The van der Waals surface area contributed by atoms with Crippen LogP contribution in [-0.4, -0.2) is 23.7 Å². The van der Waals surface area contributed by atoms with Gasteiger partial charge in [-0.1, -0.05) is 5.57 Å². The van der Waals surface area contributed by atoms with Crippen molar-refractivity contribution in [2.75, 3.05) is 6.54 Å². The summed E-state index contributed by atoms with van der Waals surface area (Å²) in [7, 11) is 0. The quantitative estimate of drug-likeness (QED) is 0.589. The lowest BCUT2D eigenvalue weighted by Gasteiger charge is -2.00. The third kappa shape index (κ3) is 3.78. The fraction of sp³-hybridized carbons (Fsp3) is 0.625. The van der Waals surface area contributed by atoms with E-state index in [0.29, 0.717) is 12.6 Å². The molecule has 1 aliphatic carbocycles. The van der Waals surface area contributed by atoms with Crippen molar-refractivity contribution >= 4 is 5.97 Å². The molecule has 11 heavy (non-hydrogen) atoms. The molecule has 3 nitrogen and oxygen atoms in total. The van der Waals surface area contributed by atoms with Crippen LogP contribution in [0.5, 0.6) is 0 Å². The molecule has 0 unspecified atom stereocenters. The van der Waals surface area contributed by atoms with Gasteiger partial charge in [-0.05, 0) is 19.8 Å². The summed E-state index contributed by atoms with van der Waals surface area (Å²) in [6.45, 7) is 2.53. The van der Waals surface area contributed by atoms with Gasteiger partial charge in [-0.15, -0.1) is 0 Å². The molecule has 0 heterocycles. The summed E-state index contributed by atoms with van der Waals surface area (Å²) in [5.74, 6) is -0.861. The molecule has 0 aromatic carbocycles. The van der Waals surface area contributed by atoms with Gasteiger partial charge in [0.2, 0.25) is 0 Å². The predicted molar refractivity (Wildman–Crippen MR) is 42.4 cm³/mol. The molecule has 0 amide bonds. The van der Waals surface area contributed by atoms with Crippen molar-refractivity contribution in [1.29, 1.82) is 0 Å². The van der Waals surface area contributed by atoms with Gasteiger partial charge in [0.25, 0.3) is 0 Å². The highest BCUT2D eigenvalue weighted by molar-refractivity contribution is 5.80. The van der Waals surface area contributed by atoms with Gasteiger partial charge in [-0.3, -0.25) is 0 Å². The van der Waals surface area contributed by atoms with Crippen LogP contribution >= 0.6 is 0 Å². The molecule has 0 spiro atoms. The van der Waals surface area contributed by atoms with E-state index in [1.54, 1.807) is 0 Å². The topological polar surface area (TPSA) is 49.3 Å². The van der Waals surface area contributed by atoms with Gasteiger partial charge in [0.1, 0.15) is 0 Å². The van der Waals surface area contributed by atoms with E-state index in [1.165, 1.54) is 18.9 Å². The zero-order valence-electron chi connectivity index (χ0n) is 6.63. The fourth-order valence-electron chi connectivity index (χ4n) is 0.855. The minimum Gasteiger partial charge on any atom is -0.478 e. The van der Waals surface area contributed by atoms with Crippen molar-refractivity contribution < 1.29 is 9.90 Å². The number of carboxylic acids is 1. The van der Waals surface area contributed by atoms with Crippen LogP contribution in [0.3, 0.4) is 0 Å². The van der Waals surface area contributed by atoms with Crippen LogP contribution in [0.25, 0.3) is 0 Å². The summed E-state index contributed by atoms with van der Waals surface area (Å²) in [5, 5.41) is 11.6. The molecule has 0 aromatic rings. The van der Waals surface area contributed by atoms with Gasteiger partial charge in [0.05, 0.1) is 0 Å². The fourth-order valence-corrected chi connectivity index (χ4v) is 0.855. The van der Waals surface area contributed by atoms with E-state index in [0.717, 1.165) is 5.57 Å². The van der Waals surface area contributed by atoms with Gasteiger partial charge in [-0.25, -0.2) is 4.79 Å². The second kappa shape index (κ2) is 3.53. The summed E-state index contributed by atoms with van der Waals surface area (Å²) >= 11 is 0. The summed E-state index contributed by atoms with van der Waals surface area (Å²) in [5.41, 5.74) is 0.879. The van der Waals surface area contributed by atoms with Crippen LogP contribution in [-0.2, 0) is 4.79 Å². The molecule has 1 aliphatic rings. The minimum absolute atomic E-state index is 0.646. The first-order valence-corrected chi connectivity index (χ1v) is 3.82. The Morgan fingerprint density at radius 2 is 2.36 bits per heavy atom. The monoisotopic (exact) mass is 155 g/mol. The highest BCUT2D eigenvalue weighted by Gasteiger charge is 2.19. The lowest BCUT2D eigenvalue weighted by atomic mass is 10.3. The molecule has 62 valence electrons. The summed E-state index contributed by atoms with van der Waals surface area (Å²) in [6, 6.07) is 0.646. The van der Waals surface area contributed by atoms with E-state index in [4.69, 9.17) is 5.11 Å². The molecule has 0 radical (unpaired) electrons. The van der Waals surface area contributed by atoms with Crippen LogP contribution in [0.4, 0.5) is 0 Å². The molecule has 0 atom stereocenters. The second-order valence-electron chi connectivity index (χ2n) is 2.98. The minimum atomic E-state index is -0.861. The van der Waals surface area contributed by atoms with Crippen molar-refractivity contribution in [2.45, 2.75) is 25.8 Å².